The van der Waals surface area contributed by atoms with E-state index in [-0.39, 0.29) is 0 Å². The Morgan fingerprint density at radius 1 is 0.682 bits per heavy atom. The maximum absolute atomic E-state index is 4.86. The summed E-state index contributed by atoms with van der Waals surface area (Å²) in [6, 6.07) is 0. The Kier molecular flexibility index (Phi) is 5.63. The quantitative estimate of drug-likeness (QED) is 0.662. The minimum absolute atomic E-state index is 0.712. The number of hydrogen-bond donors (Lipinski definition) is 0. The Labute approximate surface area is 130 Å². The van der Waals surface area contributed by atoms with Gasteiger partial charge in [0.25, 0.3) is 0 Å². The lowest BCUT2D eigenvalue weighted by molar-refractivity contribution is 0.297. The predicted molar refractivity (Wildman–Crippen MR) is 82.3 cm³/mol. The van der Waals surface area contributed by atoms with Crippen LogP contribution in [0.4, 0.5) is 0 Å². The number of aromatic nitrogens is 4. The van der Waals surface area contributed by atoms with E-state index in [1.54, 1.807) is 0 Å². The zero-order chi connectivity index (χ0) is 15.9. The third-order valence-corrected chi connectivity index (χ3v) is 3.45. The van der Waals surface area contributed by atoms with Crippen LogP contribution in [0.2, 0.25) is 0 Å². The molecule has 2 heterocycles. The molecule has 22 heavy (non-hydrogen) atoms. The topological polar surface area (TPSA) is 77.8 Å². The summed E-state index contributed by atoms with van der Waals surface area (Å²) in [4.78, 5) is 0. The zero-order valence-electron chi connectivity index (χ0n) is 13.3. The lowest BCUT2D eigenvalue weighted by Crippen LogP contribution is -2.00. The molecular weight excluding hydrogens is 280 g/mol. The van der Waals surface area contributed by atoms with Gasteiger partial charge in [0.15, 0.2) is 0 Å². The van der Waals surface area contributed by atoms with E-state index in [1.807, 2.05) is 13.8 Å². The summed E-state index contributed by atoms with van der Waals surface area (Å²) in [5.74, 6) is 0. The zero-order valence-corrected chi connectivity index (χ0v) is 13.3. The molecule has 2 aromatic rings. The van der Waals surface area contributed by atoms with Gasteiger partial charge in [-0.05, 0) is 39.5 Å². The van der Waals surface area contributed by atoms with E-state index in [4.69, 9.17) is 9.26 Å². The molecule has 6 heteroatoms. The Bertz CT molecular complexity index is 586. The fourth-order valence-corrected chi connectivity index (χ4v) is 2.11. The van der Waals surface area contributed by atoms with Crippen molar-refractivity contribution in [1.29, 1.82) is 0 Å². The summed E-state index contributed by atoms with van der Waals surface area (Å²) >= 11 is 0. The molecule has 2 aromatic heterocycles. The van der Waals surface area contributed by atoms with Gasteiger partial charge in [-0.3, -0.25) is 0 Å². The molecule has 0 amide bonds. The van der Waals surface area contributed by atoms with E-state index in [1.165, 1.54) is 0 Å². The smallest absolute Gasteiger partial charge is 0.108 e. The van der Waals surface area contributed by atoms with Crippen molar-refractivity contribution in [2.24, 2.45) is 0 Å². The standard InChI is InChI=1S/C16H22N4O2/c1-11(2)5-7-13-15(19-21-17-13)9-10-16-14(18-22-20-16)8-6-12(3)4/h1,3,5-10H2,2,4H3. The highest BCUT2D eigenvalue weighted by Gasteiger charge is 2.14. The van der Waals surface area contributed by atoms with Gasteiger partial charge in [0.2, 0.25) is 0 Å². The maximum Gasteiger partial charge on any atom is 0.108 e. The molecule has 0 radical (unpaired) electrons. The van der Waals surface area contributed by atoms with Crippen LogP contribution in [0.1, 0.15) is 49.5 Å². The summed E-state index contributed by atoms with van der Waals surface area (Å²) in [7, 11) is 0. The van der Waals surface area contributed by atoms with E-state index in [0.29, 0.717) is 12.8 Å². The third-order valence-electron chi connectivity index (χ3n) is 3.45. The first kappa shape index (κ1) is 16.1. The van der Waals surface area contributed by atoms with Crippen LogP contribution in [0.5, 0.6) is 0 Å². The number of nitrogens with zero attached hydrogens (tertiary/aromatic N) is 4. The Hall–Kier alpha value is -2.24. The Morgan fingerprint density at radius 3 is 1.32 bits per heavy atom. The van der Waals surface area contributed by atoms with Gasteiger partial charge < -0.3 is 0 Å². The summed E-state index contributed by atoms with van der Waals surface area (Å²) in [5, 5.41) is 15.9. The van der Waals surface area contributed by atoms with Crippen LogP contribution in [0.15, 0.2) is 33.6 Å². The minimum Gasteiger partial charge on any atom is -0.244 e. The monoisotopic (exact) mass is 302 g/mol. The first-order chi connectivity index (χ1) is 10.6. The SMILES string of the molecule is C=C(C)CCc1nonc1CCc1nonc1CCC(=C)C. The Morgan fingerprint density at radius 2 is 1.00 bits per heavy atom. The molecule has 0 N–H and O–H groups in total. The second kappa shape index (κ2) is 7.68. The highest BCUT2D eigenvalue weighted by atomic mass is 16.6. The molecule has 0 bridgehead atoms. The van der Waals surface area contributed by atoms with Crippen molar-refractivity contribution in [2.75, 3.05) is 0 Å². The van der Waals surface area contributed by atoms with Gasteiger partial charge in [0, 0.05) is 12.8 Å². The molecule has 0 unspecified atom stereocenters. The van der Waals surface area contributed by atoms with E-state index >= 15 is 0 Å². The lowest BCUT2D eigenvalue weighted by Gasteiger charge is -2.00. The normalized spacial score (nSPS) is 10.8. The first-order valence-electron chi connectivity index (χ1n) is 7.45. The van der Waals surface area contributed by atoms with Crippen LogP contribution in [0.25, 0.3) is 0 Å². The number of hydrogen-bond acceptors (Lipinski definition) is 6. The minimum atomic E-state index is 0.712. The van der Waals surface area contributed by atoms with Crippen molar-refractivity contribution in [3.8, 4) is 0 Å². The van der Waals surface area contributed by atoms with Gasteiger partial charge in [0.05, 0.1) is 0 Å². The van der Waals surface area contributed by atoms with Crippen molar-refractivity contribution in [1.82, 2.24) is 20.6 Å². The Balaban J connectivity index is 1.93. The molecule has 0 fully saturated rings. The van der Waals surface area contributed by atoms with Crippen molar-refractivity contribution in [3.05, 3.63) is 47.1 Å². The summed E-state index contributed by atoms with van der Waals surface area (Å²) in [5.41, 5.74) is 5.77. The van der Waals surface area contributed by atoms with E-state index in [0.717, 1.165) is 59.6 Å². The molecule has 0 aliphatic heterocycles. The average Bonchev–Trinajstić information content (AvgIpc) is 3.09. The molecule has 0 aliphatic carbocycles. The molecule has 0 aliphatic rings. The lowest BCUT2D eigenvalue weighted by atomic mass is 10.0. The summed E-state index contributed by atoms with van der Waals surface area (Å²) in [6.07, 6.45) is 4.79. The van der Waals surface area contributed by atoms with Crippen molar-refractivity contribution in [3.63, 3.8) is 0 Å². The third kappa shape index (κ3) is 4.65. The van der Waals surface area contributed by atoms with Crippen LogP contribution < -0.4 is 0 Å². The summed E-state index contributed by atoms with van der Waals surface area (Å²) in [6.45, 7) is 11.8. The van der Waals surface area contributed by atoms with Crippen molar-refractivity contribution in [2.45, 2.75) is 52.4 Å². The van der Waals surface area contributed by atoms with Gasteiger partial charge in [-0.25, -0.2) is 9.26 Å². The number of aryl methyl sites for hydroxylation is 4. The molecule has 0 saturated heterocycles. The fraction of sp³-hybridized carbons (Fsp3) is 0.500. The second-order valence-corrected chi connectivity index (χ2v) is 5.73. The molecule has 0 atom stereocenters. The van der Waals surface area contributed by atoms with Gasteiger partial charge in [-0.1, -0.05) is 31.8 Å². The molecule has 118 valence electrons. The van der Waals surface area contributed by atoms with Gasteiger partial charge >= 0.3 is 0 Å². The largest absolute Gasteiger partial charge is 0.244 e. The van der Waals surface area contributed by atoms with Crippen LogP contribution in [0.3, 0.4) is 0 Å². The van der Waals surface area contributed by atoms with Crippen LogP contribution in [0, 0.1) is 0 Å². The maximum atomic E-state index is 4.86. The molecule has 0 aromatic carbocycles. The van der Waals surface area contributed by atoms with Crippen molar-refractivity contribution < 1.29 is 9.26 Å². The first-order valence-corrected chi connectivity index (χ1v) is 7.45. The molecule has 6 nitrogen and oxygen atoms in total. The van der Waals surface area contributed by atoms with Gasteiger partial charge in [0.1, 0.15) is 22.8 Å². The molecule has 0 saturated carbocycles. The van der Waals surface area contributed by atoms with Crippen molar-refractivity contribution >= 4 is 0 Å². The fourth-order valence-electron chi connectivity index (χ4n) is 2.11. The molecular formula is C16H22N4O2. The van der Waals surface area contributed by atoms with E-state index in [9.17, 15) is 0 Å². The number of allylic oxidation sites excluding steroid dienone is 2. The number of rotatable bonds is 9. The van der Waals surface area contributed by atoms with Gasteiger partial charge in [-0.2, -0.15) is 0 Å². The molecule has 0 spiro atoms. The van der Waals surface area contributed by atoms with Gasteiger partial charge in [-0.15, -0.1) is 13.2 Å². The highest BCUT2D eigenvalue weighted by molar-refractivity contribution is 5.15. The van der Waals surface area contributed by atoms with Crippen LogP contribution in [-0.4, -0.2) is 20.6 Å². The summed E-state index contributed by atoms with van der Waals surface area (Å²) < 4.78 is 9.71. The second-order valence-electron chi connectivity index (χ2n) is 5.73. The predicted octanol–water partition coefficient (Wildman–Crippen LogP) is 3.26. The average molecular weight is 302 g/mol. The highest BCUT2D eigenvalue weighted by Crippen LogP contribution is 2.14. The van der Waals surface area contributed by atoms with Crippen LogP contribution in [-0.2, 0) is 25.7 Å². The molecule has 2 rings (SSSR count). The van der Waals surface area contributed by atoms with Crippen LogP contribution >= 0.6 is 0 Å². The van der Waals surface area contributed by atoms with E-state index < -0.39 is 0 Å². The van der Waals surface area contributed by atoms with E-state index in [2.05, 4.69) is 33.8 Å².